The third-order valence-electron chi connectivity index (χ3n) is 2.81. The van der Waals surface area contributed by atoms with Crippen molar-refractivity contribution in [3.8, 4) is 0 Å². The fraction of sp³-hybridized carbons (Fsp3) is 0.727. The molecule has 0 aliphatic heterocycles. The lowest BCUT2D eigenvalue weighted by Crippen LogP contribution is -2.49. The maximum Gasteiger partial charge on any atom is 0.314 e. The van der Waals surface area contributed by atoms with Gasteiger partial charge in [0, 0.05) is 0 Å². The number of carbonyl (C=O) groups excluding carboxylic acids is 3. The molecule has 0 radical (unpaired) electrons. The van der Waals surface area contributed by atoms with Crippen LogP contribution in [0, 0.1) is 0 Å². The van der Waals surface area contributed by atoms with E-state index in [4.69, 9.17) is 10.5 Å². The smallest absolute Gasteiger partial charge is 0.314 e. The van der Waals surface area contributed by atoms with Crippen molar-refractivity contribution in [2.75, 3.05) is 0 Å². The van der Waals surface area contributed by atoms with E-state index in [1.165, 1.54) is 6.92 Å². The summed E-state index contributed by atoms with van der Waals surface area (Å²) in [6.45, 7) is 1.30. The van der Waals surface area contributed by atoms with Gasteiger partial charge < -0.3 is 10.5 Å². The van der Waals surface area contributed by atoms with Crippen molar-refractivity contribution in [2.45, 2.75) is 51.0 Å². The van der Waals surface area contributed by atoms with Gasteiger partial charge in [-0.1, -0.05) is 6.42 Å². The molecule has 1 fully saturated rings. The number of esters is 1. The zero-order chi connectivity index (χ0) is 12.2. The second-order valence-corrected chi connectivity index (χ2v) is 4.27. The van der Waals surface area contributed by atoms with E-state index < -0.39 is 17.5 Å². The van der Waals surface area contributed by atoms with Crippen molar-refractivity contribution in [2.24, 2.45) is 5.73 Å². The monoisotopic (exact) mass is 227 g/mol. The van der Waals surface area contributed by atoms with Crippen LogP contribution in [0.3, 0.4) is 0 Å². The molecule has 0 atom stereocenters. The lowest BCUT2D eigenvalue weighted by Gasteiger charge is -2.33. The highest BCUT2D eigenvalue weighted by atomic mass is 16.6. The molecule has 90 valence electrons. The van der Waals surface area contributed by atoms with E-state index in [9.17, 15) is 14.4 Å². The molecular formula is C11H17NO4. The number of amides is 1. The van der Waals surface area contributed by atoms with Crippen molar-refractivity contribution >= 4 is 17.7 Å². The van der Waals surface area contributed by atoms with Crippen molar-refractivity contribution in [1.82, 2.24) is 0 Å². The van der Waals surface area contributed by atoms with Crippen LogP contribution in [0.4, 0.5) is 0 Å². The first-order chi connectivity index (χ1) is 7.46. The van der Waals surface area contributed by atoms with Gasteiger partial charge in [-0.05, 0) is 32.6 Å². The standard InChI is InChI=1S/C11H17NO4/c1-8(13)7-9(14)16-11(10(12)15)5-3-2-4-6-11/h2-7H2,1H3,(H2,12,15). The zero-order valence-corrected chi connectivity index (χ0v) is 9.45. The van der Waals surface area contributed by atoms with Gasteiger partial charge in [-0.15, -0.1) is 0 Å². The Morgan fingerprint density at radius 3 is 2.19 bits per heavy atom. The Morgan fingerprint density at radius 1 is 1.19 bits per heavy atom. The fourth-order valence-corrected chi connectivity index (χ4v) is 1.98. The Balaban J connectivity index is 2.67. The molecule has 0 heterocycles. The number of hydrogen-bond donors (Lipinski definition) is 1. The van der Waals surface area contributed by atoms with Gasteiger partial charge in [-0.3, -0.25) is 14.4 Å². The molecule has 5 nitrogen and oxygen atoms in total. The van der Waals surface area contributed by atoms with Crippen molar-refractivity contribution in [1.29, 1.82) is 0 Å². The molecule has 1 aliphatic carbocycles. The molecule has 0 aromatic rings. The Kier molecular flexibility index (Phi) is 4.04. The number of carbonyl (C=O) groups is 3. The number of Topliss-reactive ketones (excluding diaryl/α,β-unsaturated/α-hetero) is 1. The Bertz CT molecular complexity index is 305. The van der Waals surface area contributed by atoms with E-state index in [1.54, 1.807) is 0 Å². The predicted octanol–water partition coefficient (Wildman–Crippen LogP) is 0.697. The average molecular weight is 227 g/mol. The summed E-state index contributed by atoms with van der Waals surface area (Å²) >= 11 is 0. The highest BCUT2D eigenvalue weighted by molar-refractivity contribution is 5.96. The van der Waals surface area contributed by atoms with E-state index >= 15 is 0 Å². The minimum absolute atomic E-state index is 0.277. The largest absolute Gasteiger partial charge is 0.449 e. The summed E-state index contributed by atoms with van der Waals surface area (Å²) in [5, 5.41) is 0. The van der Waals surface area contributed by atoms with E-state index in [0.717, 1.165) is 19.3 Å². The normalized spacial score (nSPS) is 18.8. The molecule has 0 aromatic carbocycles. The van der Waals surface area contributed by atoms with E-state index in [0.29, 0.717) is 12.8 Å². The van der Waals surface area contributed by atoms with E-state index in [2.05, 4.69) is 0 Å². The molecule has 5 heteroatoms. The van der Waals surface area contributed by atoms with Gasteiger partial charge in [0.1, 0.15) is 12.2 Å². The van der Waals surface area contributed by atoms with Gasteiger partial charge in [0.25, 0.3) is 5.91 Å². The first kappa shape index (κ1) is 12.7. The fourth-order valence-electron chi connectivity index (χ4n) is 1.98. The average Bonchev–Trinajstić information content (AvgIpc) is 2.17. The second kappa shape index (κ2) is 5.09. The van der Waals surface area contributed by atoms with E-state index in [1.807, 2.05) is 0 Å². The molecule has 2 N–H and O–H groups in total. The van der Waals surface area contributed by atoms with Crippen LogP contribution in [-0.4, -0.2) is 23.3 Å². The molecule has 1 amide bonds. The van der Waals surface area contributed by atoms with Crippen LogP contribution in [0.2, 0.25) is 0 Å². The van der Waals surface area contributed by atoms with Crippen LogP contribution in [0.15, 0.2) is 0 Å². The van der Waals surface area contributed by atoms with Crippen molar-refractivity contribution < 1.29 is 19.1 Å². The topological polar surface area (TPSA) is 86.5 Å². The lowest BCUT2D eigenvalue weighted by atomic mass is 9.84. The van der Waals surface area contributed by atoms with Crippen molar-refractivity contribution in [3.63, 3.8) is 0 Å². The molecule has 0 spiro atoms. The Hall–Kier alpha value is -1.39. The van der Waals surface area contributed by atoms with Gasteiger partial charge in [0.05, 0.1) is 0 Å². The van der Waals surface area contributed by atoms with Crippen LogP contribution in [0.1, 0.15) is 45.4 Å². The van der Waals surface area contributed by atoms with Gasteiger partial charge in [0.15, 0.2) is 5.60 Å². The van der Waals surface area contributed by atoms with Crippen LogP contribution >= 0.6 is 0 Å². The third kappa shape index (κ3) is 3.05. The third-order valence-corrected chi connectivity index (χ3v) is 2.81. The predicted molar refractivity (Wildman–Crippen MR) is 56.4 cm³/mol. The number of primary amides is 1. The molecule has 0 aromatic heterocycles. The summed E-state index contributed by atoms with van der Waals surface area (Å²) in [5.74, 6) is -1.54. The molecule has 1 rings (SSSR count). The van der Waals surface area contributed by atoms with Crippen LogP contribution in [0.5, 0.6) is 0 Å². The van der Waals surface area contributed by atoms with Gasteiger partial charge in [-0.25, -0.2) is 0 Å². The van der Waals surface area contributed by atoms with Gasteiger partial charge in [-0.2, -0.15) is 0 Å². The highest BCUT2D eigenvalue weighted by Gasteiger charge is 2.41. The number of rotatable bonds is 4. The molecule has 0 saturated heterocycles. The summed E-state index contributed by atoms with van der Waals surface area (Å²) in [6, 6.07) is 0. The van der Waals surface area contributed by atoms with Crippen LogP contribution < -0.4 is 5.73 Å². The van der Waals surface area contributed by atoms with Gasteiger partial charge in [0.2, 0.25) is 0 Å². The Labute approximate surface area is 94.3 Å². The van der Waals surface area contributed by atoms with Crippen molar-refractivity contribution in [3.05, 3.63) is 0 Å². The maximum absolute atomic E-state index is 11.4. The second-order valence-electron chi connectivity index (χ2n) is 4.27. The van der Waals surface area contributed by atoms with E-state index in [-0.39, 0.29) is 12.2 Å². The maximum atomic E-state index is 11.4. The first-order valence-corrected chi connectivity index (χ1v) is 5.47. The highest BCUT2D eigenvalue weighted by Crippen LogP contribution is 2.31. The van der Waals surface area contributed by atoms with Gasteiger partial charge >= 0.3 is 5.97 Å². The lowest BCUT2D eigenvalue weighted by molar-refractivity contribution is -0.171. The molecule has 1 aliphatic rings. The number of hydrogen-bond acceptors (Lipinski definition) is 4. The summed E-state index contributed by atoms with van der Waals surface area (Å²) in [6.07, 6.45) is 3.28. The number of ether oxygens (including phenoxy) is 1. The first-order valence-electron chi connectivity index (χ1n) is 5.47. The number of nitrogens with two attached hydrogens (primary N) is 1. The quantitative estimate of drug-likeness (QED) is 0.565. The minimum atomic E-state index is -1.18. The molecular weight excluding hydrogens is 210 g/mol. The summed E-state index contributed by atoms with van der Waals surface area (Å²) < 4.78 is 5.12. The number of ketones is 1. The molecule has 16 heavy (non-hydrogen) atoms. The summed E-state index contributed by atoms with van der Waals surface area (Å²) in [7, 11) is 0. The Morgan fingerprint density at radius 2 is 1.75 bits per heavy atom. The van der Waals surface area contributed by atoms with Crippen LogP contribution in [-0.2, 0) is 19.1 Å². The molecule has 1 saturated carbocycles. The van der Waals surface area contributed by atoms with Crippen LogP contribution in [0.25, 0.3) is 0 Å². The summed E-state index contributed by atoms with van der Waals surface area (Å²) in [5.41, 5.74) is 4.10. The molecule has 0 unspecified atom stereocenters. The minimum Gasteiger partial charge on any atom is -0.449 e. The SMILES string of the molecule is CC(=O)CC(=O)OC1(C(N)=O)CCCCC1. The zero-order valence-electron chi connectivity index (χ0n) is 9.45. The molecule has 0 bridgehead atoms. The summed E-state index contributed by atoms with van der Waals surface area (Å²) in [4.78, 5) is 33.5.